The predicted molar refractivity (Wildman–Crippen MR) is 96.8 cm³/mol. The molecular weight excluding hydrogens is 361 g/mol. The molecule has 3 heterocycles. The fourth-order valence-corrected chi connectivity index (χ4v) is 3.03. The lowest BCUT2D eigenvalue weighted by Gasteiger charge is -2.05. The maximum atomic E-state index is 6.09. The van der Waals surface area contributed by atoms with Crippen LogP contribution in [0.25, 0.3) is 17.0 Å². The lowest BCUT2D eigenvalue weighted by molar-refractivity contribution is 0.767. The van der Waals surface area contributed by atoms with Gasteiger partial charge in [-0.3, -0.25) is 4.68 Å². The molecule has 0 aliphatic rings. The van der Waals surface area contributed by atoms with Crippen molar-refractivity contribution in [1.82, 2.24) is 29.6 Å². The summed E-state index contributed by atoms with van der Waals surface area (Å²) in [5.41, 5.74) is 2.45. The molecule has 0 aliphatic carbocycles. The average molecular weight is 374 g/mol. The van der Waals surface area contributed by atoms with Crippen LogP contribution in [0.1, 0.15) is 5.56 Å². The van der Waals surface area contributed by atoms with Crippen LogP contribution in [0.15, 0.2) is 42.7 Å². The number of nitrogens with one attached hydrogen (secondary N) is 1. The SMILES string of the molecule is Cn1cc(CNc2ccc3nnc(-c4cc(Cl)cc(Cl)c4)n3n2)cn1. The minimum Gasteiger partial charge on any atom is -0.364 e. The van der Waals surface area contributed by atoms with E-state index in [-0.39, 0.29) is 0 Å². The Kier molecular flexibility index (Phi) is 4.03. The molecule has 4 aromatic rings. The quantitative estimate of drug-likeness (QED) is 0.592. The highest BCUT2D eigenvalue weighted by Crippen LogP contribution is 2.26. The maximum absolute atomic E-state index is 6.09. The number of halogens is 2. The Morgan fingerprint density at radius 1 is 1.08 bits per heavy atom. The van der Waals surface area contributed by atoms with Gasteiger partial charge in [-0.1, -0.05) is 23.2 Å². The van der Waals surface area contributed by atoms with Gasteiger partial charge in [0.25, 0.3) is 0 Å². The second kappa shape index (κ2) is 6.34. The van der Waals surface area contributed by atoms with Gasteiger partial charge in [0.1, 0.15) is 5.82 Å². The lowest BCUT2D eigenvalue weighted by atomic mass is 10.2. The van der Waals surface area contributed by atoms with E-state index >= 15 is 0 Å². The van der Waals surface area contributed by atoms with Gasteiger partial charge in [-0.05, 0) is 30.3 Å². The number of aromatic nitrogens is 6. The number of hydrogen-bond acceptors (Lipinski definition) is 5. The smallest absolute Gasteiger partial charge is 0.185 e. The third-order valence-corrected chi connectivity index (χ3v) is 4.05. The standard InChI is InChI=1S/C16H13Cl2N7/c1-24-9-10(8-20-24)7-19-14-2-3-15-21-22-16(25(15)23-14)11-4-12(17)6-13(18)5-11/h2-6,8-9H,7H2,1H3,(H,19,23). The van der Waals surface area contributed by atoms with Crippen molar-refractivity contribution >= 4 is 34.7 Å². The van der Waals surface area contributed by atoms with E-state index in [1.165, 1.54) is 0 Å². The first-order valence-corrected chi connectivity index (χ1v) is 8.24. The number of benzene rings is 1. The number of nitrogens with zero attached hydrogens (tertiary/aromatic N) is 6. The van der Waals surface area contributed by atoms with Crippen molar-refractivity contribution < 1.29 is 0 Å². The normalized spacial score (nSPS) is 11.2. The molecule has 25 heavy (non-hydrogen) atoms. The molecule has 1 aromatic carbocycles. The van der Waals surface area contributed by atoms with Crippen molar-refractivity contribution in [3.8, 4) is 11.4 Å². The summed E-state index contributed by atoms with van der Waals surface area (Å²) in [4.78, 5) is 0. The molecule has 126 valence electrons. The molecule has 0 saturated carbocycles. The van der Waals surface area contributed by atoms with Crippen molar-refractivity contribution in [3.05, 3.63) is 58.3 Å². The van der Waals surface area contributed by atoms with Gasteiger partial charge >= 0.3 is 0 Å². The van der Waals surface area contributed by atoms with E-state index in [0.29, 0.717) is 33.9 Å². The fraction of sp³-hybridized carbons (Fsp3) is 0.125. The molecule has 4 rings (SSSR count). The van der Waals surface area contributed by atoms with Crippen LogP contribution in [0.4, 0.5) is 5.82 Å². The highest BCUT2D eigenvalue weighted by molar-refractivity contribution is 6.35. The Bertz CT molecular complexity index is 1030. The van der Waals surface area contributed by atoms with E-state index < -0.39 is 0 Å². The average Bonchev–Trinajstić information content (AvgIpc) is 3.17. The van der Waals surface area contributed by atoms with Gasteiger partial charge in [0, 0.05) is 41.0 Å². The number of hydrogen-bond donors (Lipinski definition) is 1. The van der Waals surface area contributed by atoms with Crippen molar-refractivity contribution in [1.29, 1.82) is 0 Å². The molecule has 0 saturated heterocycles. The summed E-state index contributed by atoms with van der Waals surface area (Å²) in [5, 5.41) is 21.4. The first-order valence-electron chi connectivity index (χ1n) is 7.49. The van der Waals surface area contributed by atoms with Crippen LogP contribution in [0, 0.1) is 0 Å². The maximum Gasteiger partial charge on any atom is 0.185 e. The molecule has 0 spiro atoms. The van der Waals surface area contributed by atoms with E-state index in [0.717, 1.165) is 11.1 Å². The van der Waals surface area contributed by atoms with Crippen LogP contribution < -0.4 is 5.32 Å². The number of rotatable bonds is 4. The van der Waals surface area contributed by atoms with Crippen LogP contribution in [-0.2, 0) is 13.6 Å². The minimum atomic E-state index is 0.533. The van der Waals surface area contributed by atoms with Crippen molar-refractivity contribution in [3.63, 3.8) is 0 Å². The van der Waals surface area contributed by atoms with Crippen LogP contribution in [0.3, 0.4) is 0 Å². The molecule has 0 bridgehead atoms. The highest BCUT2D eigenvalue weighted by Gasteiger charge is 2.11. The fourth-order valence-electron chi connectivity index (χ4n) is 2.50. The van der Waals surface area contributed by atoms with E-state index in [1.807, 2.05) is 31.6 Å². The summed E-state index contributed by atoms with van der Waals surface area (Å²) in [6, 6.07) is 8.93. The van der Waals surface area contributed by atoms with Crippen molar-refractivity contribution in [2.45, 2.75) is 6.54 Å². The first kappa shape index (κ1) is 15.9. The largest absolute Gasteiger partial charge is 0.364 e. The molecule has 3 aromatic heterocycles. The third-order valence-electron chi connectivity index (χ3n) is 3.62. The van der Waals surface area contributed by atoms with Crippen LogP contribution >= 0.6 is 23.2 Å². The Balaban J connectivity index is 1.67. The monoisotopic (exact) mass is 373 g/mol. The van der Waals surface area contributed by atoms with E-state index in [2.05, 4.69) is 25.7 Å². The molecule has 9 heteroatoms. The Morgan fingerprint density at radius 3 is 2.60 bits per heavy atom. The molecule has 0 radical (unpaired) electrons. The molecule has 0 unspecified atom stereocenters. The Labute approximate surface area is 153 Å². The predicted octanol–water partition coefficient (Wildman–Crippen LogP) is 3.44. The van der Waals surface area contributed by atoms with E-state index in [9.17, 15) is 0 Å². The zero-order valence-corrected chi connectivity index (χ0v) is 14.7. The molecule has 7 nitrogen and oxygen atoms in total. The first-order chi connectivity index (χ1) is 12.1. The minimum absolute atomic E-state index is 0.533. The van der Waals surface area contributed by atoms with Gasteiger partial charge in [0.05, 0.1) is 6.20 Å². The Morgan fingerprint density at radius 2 is 1.88 bits per heavy atom. The van der Waals surface area contributed by atoms with Crippen molar-refractivity contribution in [2.75, 3.05) is 5.32 Å². The summed E-state index contributed by atoms with van der Waals surface area (Å²) >= 11 is 12.2. The summed E-state index contributed by atoms with van der Waals surface area (Å²) in [5.74, 6) is 1.27. The molecular formula is C16H13Cl2N7. The van der Waals surface area contributed by atoms with Gasteiger partial charge < -0.3 is 5.32 Å². The molecule has 0 fully saturated rings. The van der Waals surface area contributed by atoms with Gasteiger partial charge in [0.15, 0.2) is 11.5 Å². The van der Waals surface area contributed by atoms with E-state index in [4.69, 9.17) is 23.2 Å². The van der Waals surface area contributed by atoms with Crippen molar-refractivity contribution in [2.24, 2.45) is 7.05 Å². The van der Waals surface area contributed by atoms with Crippen LogP contribution in [0.5, 0.6) is 0 Å². The molecule has 0 amide bonds. The van der Waals surface area contributed by atoms with E-state index in [1.54, 1.807) is 27.4 Å². The highest BCUT2D eigenvalue weighted by atomic mass is 35.5. The molecule has 1 N–H and O–H groups in total. The summed E-state index contributed by atoms with van der Waals surface area (Å²) in [6.45, 7) is 0.618. The number of aryl methyl sites for hydroxylation is 1. The zero-order valence-electron chi connectivity index (χ0n) is 13.2. The second-order valence-corrected chi connectivity index (χ2v) is 6.42. The van der Waals surface area contributed by atoms with Gasteiger partial charge in [-0.25, -0.2) is 0 Å². The van der Waals surface area contributed by atoms with Gasteiger partial charge in [0.2, 0.25) is 0 Å². The van der Waals surface area contributed by atoms with Gasteiger partial charge in [-0.15, -0.1) is 15.3 Å². The van der Waals surface area contributed by atoms with Crippen LogP contribution in [0.2, 0.25) is 10.0 Å². The second-order valence-electron chi connectivity index (χ2n) is 5.55. The Hall–Kier alpha value is -2.64. The number of fused-ring (bicyclic) bond motifs is 1. The molecule has 0 aliphatic heterocycles. The molecule has 0 atom stereocenters. The summed E-state index contributed by atoms with van der Waals surface area (Å²) in [6.07, 6.45) is 3.76. The summed E-state index contributed by atoms with van der Waals surface area (Å²) in [7, 11) is 1.88. The summed E-state index contributed by atoms with van der Waals surface area (Å²) < 4.78 is 3.42. The van der Waals surface area contributed by atoms with Gasteiger partial charge in [-0.2, -0.15) is 9.61 Å². The zero-order chi connectivity index (χ0) is 17.4. The van der Waals surface area contributed by atoms with Crippen LogP contribution in [-0.4, -0.2) is 29.6 Å². The third kappa shape index (κ3) is 3.29. The topological polar surface area (TPSA) is 72.9 Å². The lowest BCUT2D eigenvalue weighted by Crippen LogP contribution is -2.04. The number of anilines is 1.